The van der Waals surface area contributed by atoms with Gasteiger partial charge in [-0.15, -0.1) is 0 Å². The zero-order valence-corrected chi connectivity index (χ0v) is 19.0. The molecule has 5 rings (SSSR count). The van der Waals surface area contributed by atoms with Crippen LogP contribution in [0.25, 0.3) is 22.2 Å². The molecule has 0 radical (unpaired) electrons. The van der Waals surface area contributed by atoms with Gasteiger partial charge in [-0.2, -0.15) is 5.10 Å². The van der Waals surface area contributed by atoms with Crippen molar-refractivity contribution in [3.05, 3.63) is 59.4 Å². The lowest BCUT2D eigenvalue weighted by Crippen LogP contribution is -2.26. The Hall–Kier alpha value is -3.79. The minimum absolute atomic E-state index is 0.0248. The van der Waals surface area contributed by atoms with Gasteiger partial charge in [0.2, 0.25) is 5.76 Å². The Morgan fingerprint density at radius 2 is 2.21 bits per heavy atom. The summed E-state index contributed by atoms with van der Waals surface area (Å²) in [5, 5.41) is 14.8. The lowest BCUT2D eigenvalue weighted by atomic mass is 10.0. The third-order valence-corrected chi connectivity index (χ3v) is 6.11. The number of carbonyl (C=O) groups excluding carboxylic acids is 1. The molecule has 3 aromatic heterocycles. The first-order valence-corrected chi connectivity index (χ1v) is 11.3. The van der Waals surface area contributed by atoms with Crippen LogP contribution in [0.2, 0.25) is 0 Å². The van der Waals surface area contributed by atoms with Crippen molar-refractivity contribution in [1.29, 1.82) is 0 Å². The standard InChI is InChI=1S/C24H26FN7O2/c1-13(2)19-10-20(34-31-19)24(33)28-11-15-4-3-14(9-18(15)25)17-5-7-27-22-21(17)23(30-29-22)32-8-6-16(26)12-32/h3-5,7,9-10,13,16H,6,8,11-12,26H2,1-2H3,(H,28,33)(H,27,29,30)/t16-/m1/s1. The van der Waals surface area contributed by atoms with E-state index in [-0.39, 0.29) is 24.3 Å². The summed E-state index contributed by atoms with van der Waals surface area (Å²) >= 11 is 0. The van der Waals surface area contributed by atoms with Gasteiger partial charge in [0.05, 0.1) is 11.1 Å². The minimum Gasteiger partial charge on any atom is -0.353 e. The van der Waals surface area contributed by atoms with Gasteiger partial charge >= 0.3 is 0 Å². The van der Waals surface area contributed by atoms with Gasteiger partial charge in [-0.25, -0.2) is 9.37 Å². The van der Waals surface area contributed by atoms with Gasteiger partial charge in [0.15, 0.2) is 11.5 Å². The number of benzene rings is 1. The Bertz CT molecular complexity index is 1350. The number of nitrogens with zero attached hydrogens (tertiary/aromatic N) is 4. The number of halogens is 1. The van der Waals surface area contributed by atoms with Crippen LogP contribution in [-0.2, 0) is 6.54 Å². The zero-order valence-electron chi connectivity index (χ0n) is 19.0. The number of anilines is 1. The van der Waals surface area contributed by atoms with Gasteiger partial charge in [0, 0.05) is 43.5 Å². The van der Waals surface area contributed by atoms with Crippen LogP contribution in [0.15, 0.2) is 41.1 Å². The molecule has 1 fully saturated rings. The van der Waals surface area contributed by atoms with Crippen LogP contribution in [0.5, 0.6) is 0 Å². The summed E-state index contributed by atoms with van der Waals surface area (Å²) in [5.74, 6) is 0.166. The smallest absolute Gasteiger partial charge is 0.290 e. The number of aromatic amines is 1. The number of carbonyl (C=O) groups is 1. The minimum atomic E-state index is -0.439. The van der Waals surface area contributed by atoms with Crippen LogP contribution >= 0.6 is 0 Å². The predicted octanol–water partition coefficient (Wildman–Crippen LogP) is 3.34. The van der Waals surface area contributed by atoms with Crippen molar-refractivity contribution in [2.45, 2.75) is 38.8 Å². The van der Waals surface area contributed by atoms with E-state index in [0.717, 1.165) is 29.7 Å². The summed E-state index contributed by atoms with van der Waals surface area (Å²) in [5.41, 5.74) is 9.30. The molecule has 1 aliphatic rings. The summed E-state index contributed by atoms with van der Waals surface area (Å²) in [6.07, 6.45) is 2.57. The van der Waals surface area contributed by atoms with E-state index < -0.39 is 11.7 Å². The van der Waals surface area contributed by atoms with E-state index >= 15 is 4.39 Å². The van der Waals surface area contributed by atoms with E-state index in [9.17, 15) is 4.79 Å². The van der Waals surface area contributed by atoms with Crippen molar-refractivity contribution in [1.82, 2.24) is 25.7 Å². The molecule has 1 amide bonds. The fourth-order valence-electron chi connectivity index (χ4n) is 4.17. The van der Waals surface area contributed by atoms with E-state index in [1.165, 1.54) is 6.07 Å². The SMILES string of the molecule is CC(C)c1cc(C(=O)NCc2ccc(-c3ccnc4[nH]nc(N5CC[C@@H](N)C5)c34)cc2F)on1. The molecule has 1 atom stereocenters. The largest absolute Gasteiger partial charge is 0.353 e. The van der Waals surface area contributed by atoms with Gasteiger partial charge < -0.3 is 20.5 Å². The number of H-pyrrole nitrogens is 1. The number of rotatable bonds is 6. The maximum absolute atomic E-state index is 15.0. The van der Waals surface area contributed by atoms with Crippen LogP contribution in [0, 0.1) is 5.82 Å². The molecule has 0 unspecified atom stereocenters. The van der Waals surface area contributed by atoms with E-state index in [4.69, 9.17) is 10.3 Å². The number of hydrogen-bond donors (Lipinski definition) is 3. The highest BCUT2D eigenvalue weighted by Crippen LogP contribution is 2.35. The summed E-state index contributed by atoms with van der Waals surface area (Å²) in [6.45, 7) is 5.47. The van der Waals surface area contributed by atoms with Crippen molar-refractivity contribution in [2.24, 2.45) is 5.73 Å². The van der Waals surface area contributed by atoms with Crippen molar-refractivity contribution in [3.63, 3.8) is 0 Å². The number of nitrogens with one attached hydrogen (secondary N) is 2. The second-order valence-corrected chi connectivity index (χ2v) is 8.88. The molecule has 9 nitrogen and oxygen atoms in total. The number of nitrogens with two attached hydrogens (primary N) is 1. The highest BCUT2D eigenvalue weighted by molar-refractivity contribution is 6.00. The average molecular weight is 464 g/mol. The Kier molecular flexibility index (Phi) is 5.74. The first-order valence-electron chi connectivity index (χ1n) is 11.3. The average Bonchev–Trinajstić information content (AvgIpc) is 3.57. The van der Waals surface area contributed by atoms with Crippen LogP contribution in [0.4, 0.5) is 10.2 Å². The van der Waals surface area contributed by atoms with E-state index in [1.807, 2.05) is 26.0 Å². The van der Waals surface area contributed by atoms with Crippen molar-refractivity contribution in [3.8, 4) is 11.1 Å². The number of pyridine rings is 1. The van der Waals surface area contributed by atoms with Crippen molar-refractivity contribution in [2.75, 3.05) is 18.0 Å². The molecule has 4 aromatic rings. The molecule has 4 N–H and O–H groups in total. The normalized spacial score (nSPS) is 16.0. The Morgan fingerprint density at radius 1 is 1.35 bits per heavy atom. The van der Waals surface area contributed by atoms with Crippen LogP contribution in [0.3, 0.4) is 0 Å². The van der Waals surface area contributed by atoms with Gasteiger partial charge in [0.25, 0.3) is 5.91 Å². The van der Waals surface area contributed by atoms with Gasteiger partial charge in [-0.05, 0) is 35.6 Å². The van der Waals surface area contributed by atoms with Gasteiger partial charge in [-0.1, -0.05) is 31.1 Å². The predicted molar refractivity (Wildman–Crippen MR) is 126 cm³/mol. The Balaban J connectivity index is 1.37. The number of amides is 1. The molecule has 10 heteroatoms. The molecule has 1 aromatic carbocycles. The number of aromatic nitrogens is 4. The molecule has 176 valence electrons. The molecule has 0 bridgehead atoms. The van der Waals surface area contributed by atoms with Gasteiger partial charge in [0.1, 0.15) is 5.82 Å². The molecule has 0 saturated carbocycles. The fraction of sp³-hybridized carbons (Fsp3) is 0.333. The molecule has 1 saturated heterocycles. The van der Waals surface area contributed by atoms with Crippen molar-refractivity contribution < 1.29 is 13.7 Å². The first-order chi connectivity index (χ1) is 16.4. The van der Waals surface area contributed by atoms with Gasteiger partial charge in [-0.3, -0.25) is 9.89 Å². The second kappa shape index (κ2) is 8.86. The topological polar surface area (TPSA) is 126 Å². The van der Waals surface area contributed by atoms with Crippen LogP contribution in [0.1, 0.15) is 48.0 Å². The fourth-order valence-corrected chi connectivity index (χ4v) is 4.17. The van der Waals surface area contributed by atoms with E-state index in [1.54, 1.807) is 18.3 Å². The maximum Gasteiger partial charge on any atom is 0.290 e. The lowest BCUT2D eigenvalue weighted by Gasteiger charge is -2.16. The third kappa shape index (κ3) is 4.12. The molecule has 4 heterocycles. The molecule has 0 aliphatic carbocycles. The molecular formula is C24H26FN7O2. The zero-order chi connectivity index (χ0) is 23.8. The molecule has 1 aliphatic heterocycles. The summed E-state index contributed by atoms with van der Waals surface area (Å²) in [7, 11) is 0. The maximum atomic E-state index is 15.0. The second-order valence-electron chi connectivity index (χ2n) is 8.88. The molecule has 0 spiro atoms. The summed E-state index contributed by atoms with van der Waals surface area (Å²) in [4.78, 5) is 18.9. The summed E-state index contributed by atoms with van der Waals surface area (Å²) in [6, 6.07) is 8.52. The summed E-state index contributed by atoms with van der Waals surface area (Å²) < 4.78 is 20.1. The van der Waals surface area contributed by atoms with E-state index in [2.05, 4.69) is 30.6 Å². The highest BCUT2D eigenvalue weighted by atomic mass is 19.1. The first kappa shape index (κ1) is 22.0. The third-order valence-electron chi connectivity index (χ3n) is 6.11. The van der Waals surface area contributed by atoms with Crippen LogP contribution < -0.4 is 16.0 Å². The van der Waals surface area contributed by atoms with Crippen LogP contribution in [-0.4, -0.2) is 45.4 Å². The number of hydrogen-bond acceptors (Lipinski definition) is 7. The lowest BCUT2D eigenvalue weighted by molar-refractivity contribution is 0.0913. The monoisotopic (exact) mass is 463 g/mol. The highest BCUT2D eigenvalue weighted by Gasteiger charge is 2.25. The molecule has 34 heavy (non-hydrogen) atoms. The van der Waals surface area contributed by atoms with Crippen molar-refractivity contribution >= 4 is 22.8 Å². The Labute approximate surface area is 195 Å². The quantitative estimate of drug-likeness (QED) is 0.400. The Morgan fingerprint density at radius 3 is 2.91 bits per heavy atom. The van der Waals surface area contributed by atoms with E-state index in [0.29, 0.717) is 29.0 Å². The molecular weight excluding hydrogens is 437 g/mol. The number of fused-ring (bicyclic) bond motifs is 1.